The molecule has 2 rings (SSSR count). The summed E-state index contributed by atoms with van der Waals surface area (Å²) in [6, 6.07) is 12.1. The van der Waals surface area contributed by atoms with Crippen LogP contribution in [0.5, 0.6) is 11.5 Å². The second-order valence-corrected chi connectivity index (χ2v) is 7.78. The summed E-state index contributed by atoms with van der Waals surface area (Å²) in [6.45, 7) is 5.73. The third kappa shape index (κ3) is 7.64. The van der Waals surface area contributed by atoms with Crippen LogP contribution in [0.25, 0.3) is 0 Å². The number of hydrogen-bond acceptors (Lipinski definition) is 5. The van der Waals surface area contributed by atoms with Gasteiger partial charge in [0.25, 0.3) is 11.8 Å². The van der Waals surface area contributed by atoms with Crippen molar-refractivity contribution in [1.29, 1.82) is 0 Å². The summed E-state index contributed by atoms with van der Waals surface area (Å²) in [5.74, 6) is 0.412. The van der Waals surface area contributed by atoms with Gasteiger partial charge in [-0.15, -0.1) is 0 Å². The van der Waals surface area contributed by atoms with Gasteiger partial charge in [-0.3, -0.25) is 25.8 Å². The molecular weight excluding hydrogens is 470 g/mol. The van der Waals surface area contributed by atoms with Crippen molar-refractivity contribution >= 4 is 45.1 Å². The molecule has 0 heterocycles. The molecule has 0 saturated carbocycles. The van der Waals surface area contributed by atoms with Gasteiger partial charge in [-0.2, -0.15) is 0 Å². The monoisotopic (exact) mass is 493 g/mol. The number of halogens is 1. The first-order valence-corrected chi connectivity index (χ1v) is 10.5. The lowest BCUT2D eigenvalue weighted by molar-refractivity contribution is -0.123. The molecule has 2 aromatic rings. The normalized spacial score (nSPS) is 11.2. The van der Waals surface area contributed by atoms with Gasteiger partial charge in [0.05, 0.1) is 6.10 Å². The molecule has 7 nitrogen and oxygen atoms in total. The third-order valence-electron chi connectivity index (χ3n) is 4.07. The van der Waals surface area contributed by atoms with E-state index in [1.807, 2.05) is 32.9 Å². The number of carbonyl (C=O) groups excluding carboxylic acids is 2. The average molecular weight is 494 g/mol. The molecule has 1 atom stereocenters. The summed E-state index contributed by atoms with van der Waals surface area (Å²) >= 11 is 8.43. The molecule has 3 N–H and O–H groups in total. The fraction of sp³-hybridized carbons (Fsp3) is 0.286. The van der Waals surface area contributed by atoms with Gasteiger partial charge in [0.2, 0.25) is 0 Å². The van der Waals surface area contributed by atoms with E-state index in [1.54, 1.807) is 30.3 Å². The van der Waals surface area contributed by atoms with Crippen LogP contribution < -0.4 is 25.6 Å². The highest BCUT2D eigenvalue weighted by atomic mass is 79.9. The summed E-state index contributed by atoms with van der Waals surface area (Å²) in [5, 5.41) is 2.46. The van der Waals surface area contributed by atoms with E-state index in [9.17, 15) is 9.59 Å². The van der Waals surface area contributed by atoms with Crippen molar-refractivity contribution < 1.29 is 19.1 Å². The van der Waals surface area contributed by atoms with Crippen molar-refractivity contribution in [2.45, 2.75) is 33.3 Å². The minimum atomic E-state index is -0.446. The fourth-order valence-electron chi connectivity index (χ4n) is 2.23. The first-order valence-electron chi connectivity index (χ1n) is 9.34. The maximum atomic E-state index is 12.2. The van der Waals surface area contributed by atoms with Crippen molar-refractivity contribution in [1.82, 2.24) is 16.2 Å². The molecule has 1 unspecified atom stereocenters. The molecule has 0 aliphatic rings. The Hall–Kier alpha value is -2.65. The van der Waals surface area contributed by atoms with E-state index >= 15 is 0 Å². The van der Waals surface area contributed by atoms with Gasteiger partial charge in [0.15, 0.2) is 11.7 Å². The predicted molar refractivity (Wildman–Crippen MR) is 123 cm³/mol. The van der Waals surface area contributed by atoms with E-state index in [1.165, 1.54) is 0 Å². The Kier molecular flexibility index (Phi) is 9.07. The second kappa shape index (κ2) is 11.5. The van der Waals surface area contributed by atoms with Crippen LogP contribution in [0.15, 0.2) is 46.9 Å². The molecule has 0 fully saturated rings. The van der Waals surface area contributed by atoms with Crippen LogP contribution >= 0.6 is 28.1 Å². The van der Waals surface area contributed by atoms with Crippen LogP contribution in [0.2, 0.25) is 0 Å². The minimum absolute atomic E-state index is 0.0345. The SMILES string of the molecule is CCC(C)Oc1ccc(C(=O)NC(=S)NNC(=O)COc2ccc(Br)c(C)c2)cc1. The lowest BCUT2D eigenvalue weighted by Crippen LogP contribution is -2.49. The minimum Gasteiger partial charge on any atom is -0.491 e. The topological polar surface area (TPSA) is 88.7 Å². The maximum absolute atomic E-state index is 12.2. The molecule has 9 heteroatoms. The van der Waals surface area contributed by atoms with Crippen LogP contribution in [-0.2, 0) is 4.79 Å². The molecule has 2 aromatic carbocycles. The lowest BCUT2D eigenvalue weighted by atomic mass is 10.2. The molecule has 0 bridgehead atoms. The highest BCUT2D eigenvalue weighted by Gasteiger charge is 2.10. The summed E-state index contributed by atoms with van der Waals surface area (Å²) in [6.07, 6.45) is 0.990. The van der Waals surface area contributed by atoms with E-state index < -0.39 is 11.8 Å². The number of hydrazine groups is 1. The zero-order valence-electron chi connectivity index (χ0n) is 17.0. The molecule has 160 valence electrons. The van der Waals surface area contributed by atoms with E-state index in [0.29, 0.717) is 17.1 Å². The van der Waals surface area contributed by atoms with Crippen LogP contribution in [-0.4, -0.2) is 29.6 Å². The summed E-state index contributed by atoms with van der Waals surface area (Å²) in [4.78, 5) is 24.1. The Morgan fingerprint density at radius 3 is 2.40 bits per heavy atom. The van der Waals surface area contributed by atoms with Gasteiger partial charge in [0.1, 0.15) is 11.5 Å². The van der Waals surface area contributed by atoms with Gasteiger partial charge in [-0.1, -0.05) is 22.9 Å². The molecule has 0 aromatic heterocycles. The Balaban J connectivity index is 1.74. The number of nitrogens with one attached hydrogen (secondary N) is 3. The highest BCUT2D eigenvalue weighted by Crippen LogP contribution is 2.21. The van der Waals surface area contributed by atoms with Crippen LogP contribution in [0, 0.1) is 6.92 Å². The number of rotatable bonds is 7. The number of carbonyl (C=O) groups is 2. The second-order valence-electron chi connectivity index (χ2n) is 6.52. The van der Waals surface area contributed by atoms with E-state index in [-0.39, 0.29) is 17.8 Å². The fourth-order valence-corrected chi connectivity index (χ4v) is 2.62. The van der Waals surface area contributed by atoms with Crippen LogP contribution in [0.1, 0.15) is 36.2 Å². The number of benzene rings is 2. The van der Waals surface area contributed by atoms with Gasteiger partial charge in [-0.25, -0.2) is 0 Å². The van der Waals surface area contributed by atoms with Crippen molar-refractivity contribution in [2.24, 2.45) is 0 Å². The summed E-state index contributed by atoms with van der Waals surface area (Å²) in [7, 11) is 0. The van der Waals surface area contributed by atoms with Crippen molar-refractivity contribution in [2.75, 3.05) is 6.61 Å². The molecule has 0 aliphatic carbocycles. The van der Waals surface area contributed by atoms with Crippen LogP contribution in [0.3, 0.4) is 0 Å². The van der Waals surface area contributed by atoms with E-state index in [0.717, 1.165) is 16.5 Å². The van der Waals surface area contributed by atoms with Gasteiger partial charge in [0, 0.05) is 10.0 Å². The van der Waals surface area contributed by atoms with Crippen molar-refractivity contribution in [3.8, 4) is 11.5 Å². The average Bonchev–Trinajstić information content (AvgIpc) is 2.73. The first-order chi connectivity index (χ1) is 14.3. The largest absolute Gasteiger partial charge is 0.491 e. The molecule has 0 aliphatic heterocycles. The Morgan fingerprint density at radius 2 is 1.77 bits per heavy atom. The molecule has 0 saturated heterocycles. The molecule has 0 spiro atoms. The number of hydrogen-bond donors (Lipinski definition) is 3. The predicted octanol–water partition coefficient (Wildman–Crippen LogP) is 3.65. The molecule has 2 amide bonds. The van der Waals surface area contributed by atoms with Gasteiger partial charge in [-0.05, 0) is 80.5 Å². The third-order valence-corrected chi connectivity index (χ3v) is 5.16. The smallest absolute Gasteiger partial charge is 0.276 e. The quantitative estimate of drug-likeness (QED) is 0.403. The molecule has 0 radical (unpaired) electrons. The van der Waals surface area contributed by atoms with Gasteiger partial charge < -0.3 is 9.47 Å². The lowest BCUT2D eigenvalue weighted by Gasteiger charge is -2.13. The zero-order valence-corrected chi connectivity index (χ0v) is 19.4. The summed E-state index contributed by atoms with van der Waals surface area (Å²) < 4.78 is 12.1. The number of aryl methyl sites for hydroxylation is 1. The van der Waals surface area contributed by atoms with Crippen LogP contribution in [0.4, 0.5) is 0 Å². The molecular formula is C21H24BrN3O4S. The van der Waals surface area contributed by atoms with E-state index in [4.69, 9.17) is 21.7 Å². The first kappa shape index (κ1) is 23.6. The van der Waals surface area contributed by atoms with Gasteiger partial charge >= 0.3 is 0 Å². The Labute approximate surface area is 189 Å². The number of amides is 2. The number of thiocarbonyl (C=S) groups is 1. The summed E-state index contributed by atoms with van der Waals surface area (Å²) in [5.41, 5.74) is 6.25. The zero-order chi connectivity index (χ0) is 22.1. The maximum Gasteiger partial charge on any atom is 0.276 e. The Bertz CT molecular complexity index is 906. The van der Waals surface area contributed by atoms with E-state index in [2.05, 4.69) is 32.1 Å². The standard InChI is InChI=1S/C21H24BrN3O4S/c1-4-14(3)29-16-7-5-15(6-8-16)20(27)23-21(30)25-24-19(26)12-28-17-9-10-18(22)13(2)11-17/h5-11,14H,4,12H2,1-3H3,(H,24,26)(H2,23,25,27,30). The highest BCUT2D eigenvalue weighted by molar-refractivity contribution is 9.10. The molecule has 30 heavy (non-hydrogen) atoms. The van der Waals surface area contributed by atoms with Crippen molar-refractivity contribution in [3.63, 3.8) is 0 Å². The Morgan fingerprint density at radius 1 is 1.10 bits per heavy atom. The van der Waals surface area contributed by atoms with Crippen molar-refractivity contribution in [3.05, 3.63) is 58.1 Å². The number of ether oxygens (including phenoxy) is 2.